The Labute approximate surface area is 224 Å². The van der Waals surface area contributed by atoms with Crippen molar-refractivity contribution in [3.8, 4) is 11.5 Å². The Bertz CT molecular complexity index is 1250. The van der Waals surface area contributed by atoms with Crippen LogP contribution in [0.15, 0.2) is 41.3 Å². The Morgan fingerprint density at radius 2 is 1.86 bits per heavy atom. The molecule has 2 aromatic carbocycles. The number of benzene rings is 2. The lowest BCUT2D eigenvalue weighted by Gasteiger charge is -2.14. The number of amides is 3. The topological polar surface area (TPSA) is 111 Å². The third kappa shape index (κ3) is 7.27. The van der Waals surface area contributed by atoms with Gasteiger partial charge in [-0.05, 0) is 66.6 Å². The number of imide groups is 1. The van der Waals surface area contributed by atoms with E-state index in [1.54, 1.807) is 24.3 Å². The molecule has 11 heteroatoms. The maximum atomic E-state index is 12.9. The van der Waals surface area contributed by atoms with E-state index in [9.17, 15) is 19.2 Å². The molecule has 0 atom stereocenters. The predicted octanol–water partition coefficient (Wildman–Crippen LogP) is 5.24. The van der Waals surface area contributed by atoms with Crippen LogP contribution in [0.4, 0.5) is 10.5 Å². The monoisotopic (exact) mass is 546 g/mol. The number of thioether (sulfide) groups is 1. The van der Waals surface area contributed by atoms with E-state index in [-0.39, 0.29) is 21.2 Å². The molecule has 0 radical (unpaired) electrons. The molecule has 1 aliphatic rings. The van der Waals surface area contributed by atoms with Crippen LogP contribution in [0.25, 0.3) is 6.08 Å². The minimum Gasteiger partial charge on any atom is -0.490 e. The summed E-state index contributed by atoms with van der Waals surface area (Å²) < 4.78 is 16.1. The first-order valence-electron chi connectivity index (χ1n) is 11.5. The first-order valence-corrected chi connectivity index (χ1v) is 12.6. The van der Waals surface area contributed by atoms with E-state index in [2.05, 4.69) is 10.1 Å². The summed E-state index contributed by atoms with van der Waals surface area (Å²) in [4.78, 5) is 50.8. The maximum absolute atomic E-state index is 12.9. The van der Waals surface area contributed by atoms with Gasteiger partial charge < -0.3 is 19.5 Å². The number of hydrogen-bond donors (Lipinski definition) is 1. The molecule has 0 aliphatic carbocycles. The van der Waals surface area contributed by atoms with Crippen molar-refractivity contribution >= 4 is 58.1 Å². The molecular formula is C26H27ClN2O7S. The number of hydrogen-bond acceptors (Lipinski definition) is 8. The van der Waals surface area contributed by atoms with Crippen molar-refractivity contribution < 1.29 is 33.4 Å². The molecule has 2 aromatic rings. The van der Waals surface area contributed by atoms with Crippen molar-refractivity contribution in [3.63, 3.8) is 0 Å². The van der Waals surface area contributed by atoms with Gasteiger partial charge in [-0.2, -0.15) is 0 Å². The van der Waals surface area contributed by atoms with Gasteiger partial charge in [0, 0.05) is 5.69 Å². The van der Waals surface area contributed by atoms with Gasteiger partial charge in [-0.3, -0.25) is 19.3 Å². The zero-order chi connectivity index (χ0) is 27.1. The second kappa shape index (κ2) is 12.6. The zero-order valence-corrected chi connectivity index (χ0v) is 22.4. The molecule has 0 bridgehead atoms. The van der Waals surface area contributed by atoms with Crippen LogP contribution in [0.3, 0.4) is 0 Å². The number of anilines is 1. The highest BCUT2D eigenvalue weighted by Gasteiger charge is 2.36. The van der Waals surface area contributed by atoms with E-state index in [1.165, 1.54) is 25.3 Å². The predicted molar refractivity (Wildman–Crippen MR) is 142 cm³/mol. The van der Waals surface area contributed by atoms with Gasteiger partial charge in [-0.1, -0.05) is 31.5 Å². The van der Waals surface area contributed by atoms with Crippen molar-refractivity contribution in [3.05, 3.63) is 57.5 Å². The van der Waals surface area contributed by atoms with Crippen LogP contribution in [-0.2, 0) is 14.3 Å². The number of carbonyl (C=O) groups is 4. The summed E-state index contributed by atoms with van der Waals surface area (Å²) >= 11 is 6.74. The number of nitrogens with one attached hydrogen (secondary N) is 1. The fraction of sp³-hybridized carbons (Fsp3) is 0.308. The minimum atomic E-state index is -0.663. The molecule has 3 rings (SSSR count). The molecule has 1 aliphatic heterocycles. The van der Waals surface area contributed by atoms with E-state index >= 15 is 0 Å². The average molecular weight is 547 g/mol. The number of rotatable bonds is 10. The number of ether oxygens (including phenoxy) is 3. The summed E-state index contributed by atoms with van der Waals surface area (Å²) in [6, 6.07) is 9.53. The first-order chi connectivity index (χ1) is 17.6. The highest BCUT2D eigenvalue weighted by atomic mass is 35.5. The van der Waals surface area contributed by atoms with Gasteiger partial charge in [0.25, 0.3) is 11.1 Å². The molecule has 37 heavy (non-hydrogen) atoms. The largest absolute Gasteiger partial charge is 0.490 e. The molecule has 0 saturated carbocycles. The Hall–Kier alpha value is -3.50. The highest BCUT2D eigenvalue weighted by molar-refractivity contribution is 8.18. The summed E-state index contributed by atoms with van der Waals surface area (Å²) in [7, 11) is 1.21. The highest BCUT2D eigenvalue weighted by Crippen LogP contribution is 2.35. The van der Waals surface area contributed by atoms with Crippen LogP contribution >= 0.6 is 23.4 Å². The summed E-state index contributed by atoms with van der Waals surface area (Å²) in [6.45, 7) is 6.41. The van der Waals surface area contributed by atoms with E-state index in [0.29, 0.717) is 36.2 Å². The number of carbonyl (C=O) groups excluding carboxylic acids is 4. The van der Waals surface area contributed by atoms with Gasteiger partial charge >= 0.3 is 5.97 Å². The number of nitrogens with zero attached hydrogens (tertiary/aromatic N) is 1. The smallest absolute Gasteiger partial charge is 0.339 e. The molecule has 1 N–H and O–H groups in total. The van der Waals surface area contributed by atoms with Crippen LogP contribution in [-0.4, -0.2) is 54.8 Å². The first kappa shape index (κ1) is 28.1. The van der Waals surface area contributed by atoms with Crippen molar-refractivity contribution in [2.24, 2.45) is 5.92 Å². The maximum Gasteiger partial charge on any atom is 0.339 e. The molecule has 3 amide bonds. The van der Waals surface area contributed by atoms with Gasteiger partial charge in [-0.25, -0.2) is 4.79 Å². The average Bonchev–Trinajstić information content (AvgIpc) is 3.11. The second-order valence-electron chi connectivity index (χ2n) is 8.35. The van der Waals surface area contributed by atoms with Gasteiger partial charge in [0.15, 0.2) is 11.5 Å². The Morgan fingerprint density at radius 1 is 1.11 bits per heavy atom. The minimum absolute atomic E-state index is 0.0723. The number of methoxy groups -OCH3 is 1. The molecule has 0 aromatic heterocycles. The third-order valence-corrected chi connectivity index (χ3v) is 6.21. The molecule has 196 valence electrons. The molecule has 1 saturated heterocycles. The summed E-state index contributed by atoms with van der Waals surface area (Å²) in [5, 5.41) is 2.15. The van der Waals surface area contributed by atoms with Crippen molar-refractivity contribution in [1.29, 1.82) is 0 Å². The van der Waals surface area contributed by atoms with Crippen LogP contribution in [0.5, 0.6) is 11.5 Å². The lowest BCUT2D eigenvalue weighted by molar-refractivity contribution is -0.127. The second-order valence-corrected chi connectivity index (χ2v) is 9.75. The molecule has 1 heterocycles. The van der Waals surface area contributed by atoms with E-state index in [0.717, 1.165) is 16.7 Å². The van der Waals surface area contributed by atoms with Crippen LogP contribution in [0.2, 0.25) is 5.02 Å². The number of esters is 1. The fourth-order valence-corrected chi connectivity index (χ4v) is 4.29. The summed E-state index contributed by atoms with van der Waals surface area (Å²) in [5.41, 5.74) is 0.982. The SMILES string of the molecule is CCOc1cc(/C=C2\SC(=O)N(CC(=O)Nc3ccc(Cl)c(C(=O)OC)c3)C2=O)ccc1OCC(C)C. The van der Waals surface area contributed by atoms with E-state index < -0.39 is 29.6 Å². The molecule has 0 spiro atoms. The van der Waals surface area contributed by atoms with Crippen LogP contribution in [0, 0.1) is 5.92 Å². The summed E-state index contributed by atoms with van der Waals surface area (Å²) in [6.07, 6.45) is 1.57. The molecule has 0 unspecified atom stereocenters. The molecule has 9 nitrogen and oxygen atoms in total. The standard InChI is InChI=1S/C26H27ClN2O7S/c1-5-35-21-10-16(6-9-20(21)36-14-15(2)3)11-22-24(31)29(26(33)37-22)13-23(30)28-17-7-8-19(27)18(12-17)25(32)34-4/h6-12,15H,5,13-14H2,1-4H3,(H,28,30)/b22-11-. The number of halogens is 1. The van der Waals surface area contributed by atoms with Gasteiger partial charge in [0.1, 0.15) is 6.54 Å². The van der Waals surface area contributed by atoms with Crippen molar-refractivity contribution in [2.45, 2.75) is 20.8 Å². The normalized spacial score (nSPS) is 14.3. The van der Waals surface area contributed by atoms with Crippen LogP contribution in [0.1, 0.15) is 36.7 Å². The lowest BCUT2D eigenvalue weighted by atomic mass is 10.1. The third-order valence-electron chi connectivity index (χ3n) is 4.97. The van der Waals surface area contributed by atoms with Gasteiger partial charge in [0.2, 0.25) is 5.91 Å². The van der Waals surface area contributed by atoms with E-state index in [4.69, 9.17) is 21.1 Å². The fourth-order valence-electron chi connectivity index (χ4n) is 3.26. The molecular weight excluding hydrogens is 520 g/mol. The molecule has 1 fully saturated rings. The van der Waals surface area contributed by atoms with Crippen LogP contribution < -0.4 is 14.8 Å². The Balaban J connectivity index is 1.72. The lowest BCUT2D eigenvalue weighted by Crippen LogP contribution is -2.36. The van der Waals surface area contributed by atoms with Gasteiger partial charge in [0.05, 0.1) is 35.8 Å². The Morgan fingerprint density at radius 3 is 2.54 bits per heavy atom. The van der Waals surface area contributed by atoms with Crippen molar-refractivity contribution in [2.75, 3.05) is 32.2 Å². The summed E-state index contributed by atoms with van der Waals surface area (Å²) in [5.74, 6) is -0.404. The Kier molecular flexibility index (Phi) is 9.60. The van der Waals surface area contributed by atoms with E-state index in [1.807, 2.05) is 20.8 Å². The quantitative estimate of drug-likeness (QED) is 0.318. The zero-order valence-electron chi connectivity index (χ0n) is 20.8. The van der Waals surface area contributed by atoms with Gasteiger partial charge in [-0.15, -0.1) is 0 Å². The van der Waals surface area contributed by atoms with Crippen molar-refractivity contribution in [1.82, 2.24) is 4.90 Å².